The summed E-state index contributed by atoms with van der Waals surface area (Å²) >= 11 is 0. The summed E-state index contributed by atoms with van der Waals surface area (Å²) in [5.41, 5.74) is -1.43. The van der Waals surface area contributed by atoms with Crippen molar-refractivity contribution in [3.63, 3.8) is 0 Å². The number of aliphatic hydroxyl groups excluding tert-OH is 1. The molecule has 0 saturated heterocycles. The molecule has 2 saturated carbocycles. The van der Waals surface area contributed by atoms with E-state index in [4.69, 9.17) is 4.74 Å². The molecule has 0 unspecified atom stereocenters. The quantitative estimate of drug-likeness (QED) is 0.422. The van der Waals surface area contributed by atoms with Crippen molar-refractivity contribution in [2.45, 2.75) is 96.6 Å². The second-order valence-corrected chi connectivity index (χ2v) is 12.2. The van der Waals surface area contributed by atoms with Crippen molar-refractivity contribution in [3.05, 3.63) is 34.9 Å². The Morgan fingerprint density at radius 1 is 1.12 bits per heavy atom. The van der Waals surface area contributed by atoms with E-state index < -0.39 is 34.2 Å². The van der Waals surface area contributed by atoms with Crippen molar-refractivity contribution < 1.29 is 29.6 Å². The van der Waals surface area contributed by atoms with E-state index in [0.29, 0.717) is 37.7 Å². The predicted octanol–water partition coefficient (Wildman–Crippen LogP) is 3.40. The molecule has 6 heteroatoms. The van der Waals surface area contributed by atoms with Crippen LogP contribution in [0.4, 0.5) is 0 Å². The first-order chi connectivity index (χ1) is 15.8. The Morgan fingerprint density at radius 2 is 1.82 bits per heavy atom. The number of rotatable bonds is 2. The van der Waals surface area contributed by atoms with Gasteiger partial charge in [-0.25, -0.2) is 4.79 Å². The number of hydrogen-bond donors (Lipinski definition) is 3. The Labute approximate surface area is 201 Å². The van der Waals surface area contributed by atoms with Gasteiger partial charge in [0.05, 0.1) is 17.1 Å². The van der Waals surface area contributed by atoms with Crippen LogP contribution in [0.25, 0.3) is 0 Å². The molecule has 0 aromatic heterocycles. The molecule has 1 heterocycles. The number of carbonyl (C=O) groups is 2. The minimum Gasteiger partial charge on any atom is -0.456 e. The van der Waals surface area contributed by atoms with E-state index in [-0.39, 0.29) is 29.5 Å². The van der Waals surface area contributed by atoms with Crippen molar-refractivity contribution in [1.82, 2.24) is 0 Å². The summed E-state index contributed by atoms with van der Waals surface area (Å²) in [6.07, 6.45) is 7.28. The van der Waals surface area contributed by atoms with Gasteiger partial charge in [-0.2, -0.15) is 0 Å². The van der Waals surface area contributed by atoms with Gasteiger partial charge in [-0.1, -0.05) is 18.6 Å². The predicted molar refractivity (Wildman–Crippen MR) is 126 cm³/mol. The fourth-order valence-corrected chi connectivity index (χ4v) is 8.55. The van der Waals surface area contributed by atoms with Crippen molar-refractivity contribution in [1.29, 1.82) is 0 Å². The Balaban J connectivity index is 1.50. The highest BCUT2D eigenvalue weighted by molar-refractivity contribution is 5.99. The zero-order valence-corrected chi connectivity index (χ0v) is 20.9. The molecule has 0 aromatic rings. The van der Waals surface area contributed by atoms with Gasteiger partial charge < -0.3 is 20.1 Å². The van der Waals surface area contributed by atoms with Gasteiger partial charge in [0.25, 0.3) is 0 Å². The number of aliphatic hydroxyl groups is 3. The Morgan fingerprint density at radius 3 is 2.50 bits per heavy atom. The maximum absolute atomic E-state index is 13.1. The topological polar surface area (TPSA) is 104 Å². The van der Waals surface area contributed by atoms with E-state index in [2.05, 4.69) is 6.92 Å². The Bertz CT molecular complexity index is 1040. The third-order valence-corrected chi connectivity index (χ3v) is 10.9. The largest absolute Gasteiger partial charge is 0.456 e. The van der Waals surface area contributed by atoms with Crippen LogP contribution in [-0.4, -0.2) is 50.5 Å². The second-order valence-electron chi connectivity index (χ2n) is 12.2. The highest BCUT2D eigenvalue weighted by Gasteiger charge is 2.70. The molecule has 0 amide bonds. The molecular weight excluding hydrogens is 432 g/mol. The molecule has 0 spiro atoms. The molecule has 2 fully saturated rings. The first-order valence-electron chi connectivity index (χ1n) is 12.7. The summed E-state index contributed by atoms with van der Waals surface area (Å²) in [5, 5.41) is 34.8. The van der Waals surface area contributed by atoms with Crippen LogP contribution in [0.1, 0.15) is 73.1 Å². The average molecular weight is 471 g/mol. The minimum absolute atomic E-state index is 0.000697. The third kappa shape index (κ3) is 2.85. The molecule has 5 aliphatic rings. The number of carbonyl (C=O) groups excluding carboxylic acids is 2. The lowest BCUT2D eigenvalue weighted by Gasteiger charge is -2.61. The van der Waals surface area contributed by atoms with Gasteiger partial charge in [-0.3, -0.25) is 4.79 Å². The van der Waals surface area contributed by atoms with E-state index >= 15 is 0 Å². The molecule has 34 heavy (non-hydrogen) atoms. The van der Waals surface area contributed by atoms with Gasteiger partial charge >= 0.3 is 5.97 Å². The molecule has 9 atom stereocenters. The normalized spacial score (nSPS) is 47.9. The lowest BCUT2D eigenvalue weighted by molar-refractivity contribution is -0.214. The lowest BCUT2D eigenvalue weighted by Crippen LogP contribution is -2.64. The smallest absolute Gasteiger partial charge is 0.334 e. The summed E-state index contributed by atoms with van der Waals surface area (Å²) in [6.45, 7) is 9.43. The summed E-state index contributed by atoms with van der Waals surface area (Å²) in [7, 11) is 0. The first-order valence-corrected chi connectivity index (χ1v) is 12.7. The molecule has 1 aliphatic heterocycles. The lowest BCUT2D eigenvalue weighted by atomic mass is 9.45. The number of ether oxygens (including phenoxy) is 1. The van der Waals surface area contributed by atoms with Gasteiger partial charge in [0.1, 0.15) is 11.7 Å². The van der Waals surface area contributed by atoms with Crippen LogP contribution in [0.5, 0.6) is 0 Å². The van der Waals surface area contributed by atoms with Gasteiger partial charge in [0.2, 0.25) is 0 Å². The number of hydrogen-bond acceptors (Lipinski definition) is 6. The highest BCUT2D eigenvalue weighted by Crippen LogP contribution is 2.69. The molecule has 186 valence electrons. The molecule has 6 nitrogen and oxygen atoms in total. The standard InChI is InChI=1S/C28H38O6/c1-15-14-23(34-24(31)16(15)2)27(5,32)21-11-13-28(33)18-6-7-19-20(29)8-9-22(30)26(19,4)17(18)10-12-25(21,28)3/h7-9,17-18,20-21,23,29,32-33H,6,10-14H2,1-5H3/t17-,18+,20-,21-,23+,25+,26+,27+,28+/m0/s1. The monoisotopic (exact) mass is 470 g/mol. The highest BCUT2D eigenvalue weighted by atomic mass is 16.6. The van der Waals surface area contributed by atoms with Crippen LogP contribution in [-0.2, 0) is 14.3 Å². The van der Waals surface area contributed by atoms with Crippen LogP contribution in [0, 0.1) is 28.6 Å². The van der Waals surface area contributed by atoms with Gasteiger partial charge in [0, 0.05) is 17.4 Å². The van der Waals surface area contributed by atoms with Crippen molar-refractivity contribution in [2.75, 3.05) is 0 Å². The van der Waals surface area contributed by atoms with E-state index in [9.17, 15) is 24.9 Å². The molecule has 0 bridgehead atoms. The number of cyclic esters (lactones) is 1. The van der Waals surface area contributed by atoms with E-state index in [0.717, 1.165) is 17.6 Å². The molecule has 0 aromatic carbocycles. The fraction of sp³-hybridized carbons (Fsp3) is 0.714. The number of esters is 1. The van der Waals surface area contributed by atoms with Gasteiger partial charge in [-0.15, -0.1) is 0 Å². The van der Waals surface area contributed by atoms with Crippen molar-refractivity contribution >= 4 is 11.8 Å². The number of fused-ring (bicyclic) bond motifs is 5. The summed E-state index contributed by atoms with van der Waals surface area (Å²) < 4.78 is 5.71. The number of ketones is 1. The van der Waals surface area contributed by atoms with Crippen LogP contribution in [0.3, 0.4) is 0 Å². The summed E-state index contributed by atoms with van der Waals surface area (Å²) in [5.74, 6) is -0.834. The summed E-state index contributed by atoms with van der Waals surface area (Å²) in [4.78, 5) is 25.5. The second kappa shape index (κ2) is 7.37. The maximum atomic E-state index is 13.1. The number of allylic oxidation sites excluding steroid dienone is 2. The molecule has 4 aliphatic carbocycles. The summed E-state index contributed by atoms with van der Waals surface area (Å²) in [6, 6.07) is 0. The zero-order valence-electron chi connectivity index (χ0n) is 20.9. The van der Waals surface area contributed by atoms with Gasteiger partial charge in [0.15, 0.2) is 5.78 Å². The van der Waals surface area contributed by atoms with Crippen LogP contribution in [0.2, 0.25) is 0 Å². The van der Waals surface area contributed by atoms with Gasteiger partial charge in [-0.05, 0) is 95.3 Å². The van der Waals surface area contributed by atoms with Crippen molar-refractivity contribution in [2.24, 2.45) is 28.6 Å². The molecule has 5 rings (SSSR count). The molecular formula is C28H38O6. The zero-order chi connectivity index (χ0) is 24.8. The maximum Gasteiger partial charge on any atom is 0.334 e. The molecule has 0 radical (unpaired) electrons. The fourth-order valence-electron chi connectivity index (χ4n) is 8.55. The average Bonchev–Trinajstić information content (AvgIpc) is 3.06. The van der Waals surface area contributed by atoms with E-state index in [1.54, 1.807) is 19.9 Å². The van der Waals surface area contributed by atoms with E-state index in [1.807, 2.05) is 19.9 Å². The molecule has 3 N–H and O–H groups in total. The Kier molecular flexibility index (Phi) is 5.20. The Hall–Kier alpha value is -1.76. The van der Waals surface area contributed by atoms with E-state index in [1.165, 1.54) is 6.08 Å². The minimum atomic E-state index is -1.29. The third-order valence-electron chi connectivity index (χ3n) is 10.9. The SMILES string of the molecule is CC1=C(C)C(=O)O[C@@H]([C@](C)(O)[C@H]2CC[C@@]3(O)[C@@H]4CC=C5[C@@H](O)C=CC(=O)[C@]5(C)[C@H]4CC[C@]23C)C1. The first kappa shape index (κ1) is 24.0. The van der Waals surface area contributed by atoms with Crippen LogP contribution in [0.15, 0.2) is 34.9 Å². The van der Waals surface area contributed by atoms with Crippen molar-refractivity contribution in [3.8, 4) is 0 Å². The van der Waals surface area contributed by atoms with Crippen LogP contribution < -0.4 is 0 Å². The van der Waals surface area contributed by atoms with Crippen LogP contribution >= 0.6 is 0 Å².